The third kappa shape index (κ3) is 2.38. The van der Waals surface area contributed by atoms with E-state index in [2.05, 4.69) is 0 Å². The Balaban J connectivity index is 3.28. The Bertz CT molecular complexity index is 323. The molecule has 1 aromatic rings. The third-order valence-electron chi connectivity index (χ3n) is 1.95. The summed E-state index contributed by atoms with van der Waals surface area (Å²) in [7, 11) is 0. The van der Waals surface area contributed by atoms with Crippen molar-refractivity contribution in [3.63, 3.8) is 0 Å². The first-order chi connectivity index (χ1) is 6.36. The number of benzene rings is 1. The number of hydrogen-bond acceptors (Lipinski definition) is 1. The molecule has 1 nitrogen and oxygen atoms in total. The fourth-order valence-corrected chi connectivity index (χ4v) is 2.18. The molecular weight excluding hydrogens is 306 g/mol. The van der Waals surface area contributed by atoms with Crippen molar-refractivity contribution in [3.05, 3.63) is 32.4 Å². The number of hydrogen-bond donors (Lipinski definition) is 1. The lowest BCUT2D eigenvalue weighted by Crippen LogP contribution is -2.09. The van der Waals surface area contributed by atoms with Gasteiger partial charge in [0.1, 0.15) is 0 Å². The topological polar surface area (TPSA) is 26.0 Å². The fraction of sp³-hybridized carbons (Fsp3) is 0.333. The first kappa shape index (κ1) is 11.8. The lowest BCUT2D eigenvalue weighted by Gasteiger charge is -2.12. The van der Waals surface area contributed by atoms with Gasteiger partial charge in [-0.25, -0.2) is 0 Å². The number of aryl methyl sites for hydroxylation is 1. The first-order valence-corrected chi connectivity index (χ1v) is 5.00. The van der Waals surface area contributed by atoms with Crippen molar-refractivity contribution in [2.24, 2.45) is 5.73 Å². The normalized spacial score (nSPS) is 11.9. The van der Waals surface area contributed by atoms with Crippen LogP contribution in [0.3, 0.4) is 0 Å². The van der Waals surface area contributed by atoms with Crippen molar-refractivity contribution in [2.45, 2.75) is 19.6 Å². The smallest absolute Gasteiger partial charge is 0.326 e. The lowest BCUT2D eigenvalue weighted by molar-refractivity contribution is -0.137. The van der Waals surface area contributed by atoms with Crippen molar-refractivity contribution in [1.82, 2.24) is 0 Å². The van der Waals surface area contributed by atoms with Gasteiger partial charge in [-0.3, -0.25) is 0 Å². The maximum atomic E-state index is 12.3. The molecule has 0 fully saturated rings. The van der Waals surface area contributed by atoms with Gasteiger partial charge in [0.2, 0.25) is 0 Å². The van der Waals surface area contributed by atoms with Crippen LogP contribution in [0.4, 0.5) is 13.2 Å². The zero-order valence-electron chi connectivity index (χ0n) is 7.45. The van der Waals surface area contributed by atoms with Gasteiger partial charge in [-0.15, -0.1) is 0 Å². The Hall–Kier alpha value is -0.300. The van der Waals surface area contributed by atoms with Crippen LogP contribution in [0.1, 0.15) is 16.7 Å². The predicted molar refractivity (Wildman–Crippen MR) is 56.8 cm³/mol. The molecule has 0 amide bonds. The Morgan fingerprint density at radius 2 is 1.93 bits per heavy atom. The average molecular weight is 315 g/mol. The fourth-order valence-electron chi connectivity index (χ4n) is 1.20. The third-order valence-corrected chi connectivity index (χ3v) is 2.91. The summed E-state index contributed by atoms with van der Waals surface area (Å²) < 4.78 is 37.6. The summed E-state index contributed by atoms with van der Waals surface area (Å²) in [6.07, 6.45) is -4.28. The Labute approximate surface area is 93.6 Å². The Morgan fingerprint density at radius 3 is 2.29 bits per heavy atom. The molecule has 0 bridgehead atoms. The minimum atomic E-state index is -4.28. The van der Waals surface area contributed by atoms with Crippen LogP contribution in [-0.4, -0.2) is 0 Å². The maximum Gasteiger partial charge on any atom is 0.416 e. The summed E-state index contributed by atoms with van der Waals surface area (Å²) in [5, 5.41) is 0. The monoisotopic (exact) mass is 315 g/mol. The van der Waals surface area contributed by atoms with E-state index in [1.165, 1.54) is 0 Å². The minimum absolute atomic E-state index is 0.266. The van der Waals surface area contributed by atoms with Crippen molar-refractivity contribution >= 4 is 22.6 Å². The molecule has 0 aromatic heterocycles. The lowest BCUT2D eigenvalue weighted by atomic mass is 10.1. The molecule has 0 saturated heterocycles. The van der Waals surface area contributed by atoms with Crippen LogP contribution in [0.25, 0.3) is 0 Å². The van der Waals surface area contributed by atoms with Crippen LogP contribution in [0.2, 0.25) is 0 Å². The molecule has 0 aliphatic heterocycles. The second-order valence-electron chi connectivity index (χ2n) is 2.96. The zero-order valence-corrected chi connectivity index (χ0v) is 9.61. The SMILES string of the molecule is Cc1cc(C(F)(F)F)cc(I)c1CN. The van der Waals surface area contributed by atoms with Gasteiger partial charge < -0.3 is 5.73 Å². The molecule has 0 aliphatic carbocycles. The molecule has 0 radical (unpaired) electrons. The van der Waals surface area contributed by atoms with Gasteiger partial charge in [0.15, 0.2) is 0 Å². The molecular formula is C9H9F3IN. The summed E-state index contributed by atoms with van der Waals surface area (Å²) in [6, 6.07) is 2.25. The summed E-state index contributed by atoms with van der Waals surface area (Å²) in [5.74, 6) is 0. The van der Waals surface area contributed by atoms with Gasteiger partial charge in [-0.05, 0) is 52.8 Å². The van der Waals surface area contributed by atoms with E-state index in [4.69, 9.17) is 5.73 Å². The van der Waals surface area contributed by atoms with Gasteiger partial charge >= 0.3 is 6.18 Å². The van der Waals surface area contributed by atoms with Crippen molar-refractivity contribution in [1.29, 1.82) is 0 Å². The molecule has 14 heavy (non-hydrogen) atoms. The van der Waals surface area contributed by atoms with Gasteiger partial charge in [-0.2, -0.15) is 13.2 Å². The summed E-state index contributed by atoms with van der Waals surface area (Å²) in [6.45, 7) is 1.90. The number of alkyl halides is 3. The molecule has 0 unspecified atom stereocenters. The zero-order chi connectivity index (χ0) is 10.9. The summed E-state index contributed by atoms with van der Waals surface area (Å²) >= 11 is 1.87. The number of nitrogens with two attached hydrogens (primary N) is 1. The van der Waals surface area contributed by atoms with E-state index >= 15 is 0 Å². The van der Waals surface area contributed by atoms with Gasteiger partial charge in [0.25, 0.3) is 0 Å². The molecule has 1 rings (SSSR count). The number of rotatable bonds is 1. The molecule has 0 atom stereocenters. The van der Waals surface area contributed by atoms with Gasteiger partial charge in [0, 0.05) is 10.1 Å². The standard InChI is InChI=1S/C9H9F3IN/c1-5-2-6(9(10,11)12)3-8(13)7(5)4-14/h2-3H,4,14H2,1H3. The van der Waals surface area contributed by atoms with Crippen molar-refractivity contribution in [3.8, 4) is 0 Å². The van der Waals surface area contributed by atoms with E-state index in [-0.39, 0.29) is 6.54 Å². The van der Waals surface area contributed by atoms with E-state index in [0.29, 0.717) is 9.13 Å². The minimum Gasteiger partial charge on any atom is -0.326 e. The first-order valence-electron chi connectivity index (χ1n) is 3.92. The van der Waals surface area contributed by atoms with E-state index in [1.54, 1.807) is 6.92 Å². The van der Waals surface area contributed by atoms with Crippen molar-refractivity contribution in [2.75, 3.05) is 0 Å². The Morgan fingerprint density at radius 1 is 1.36 bits per heavy atom. The van der Waals surface area contributed by atoms with E-state index in [0.717, 1.165) is 17.7 Å². The molecule has 0 heterocycles. The summed E-state index contributed by atoms with van der Waals surface area (Å²) in [5.41, 5.74) is 6.18. The molecule has 78 valence electrons. The highest BCUT2D eigenvalue weighted by Gasteiger charge is 2.31. The molecule has 2 N–H and O–H groups in total. The highest BCUT2D eigenvalue weighted by Crippen LogP contribution is 2.32. The second kappa shape index (κ2) is 4.06. The second-order valence-corrected chi connectivity index (χ2v) is 4.12. The van der Waals surface area contributed by atoms with Crippen LogP contribution >= 0.6 is 22.6 Å². The molecule has 0 spiro atoms. The predicted octanol–water partition coefficient (Wildman–Crippen LogP) is 3.08. The molecule has 0 aliphatic rings. The van der Waals surface area contributed by atoms with Crippen LogP contribution < -0.4 is 5.73 Å². The molecule has 5 heteroatoms. The Kier molecular flexibility index (Phi) is 3.41. The highest BCUT2D eigenvalue weighted by atomic mass is 127. The van der Waals surface area contributed by atoms with Gasteiger partial charge in [0.05, 0.1) is 5.56 Å². The largest absolute Gasteiger partial charge is 0.416 e. The van der Waals surface area contributed by atoms with Gasteiger partial charge in [-0.1, -0.05) is 0 Å². The number of halogens is 4. The van der Waals surface area contributed by atoms with Crippen LogP contribution in [0, 0.1) is 10.5 Å². The van der Waals surface area contributed by atoms with E-state index < -0.39 is 11.7 Å². The quantitative estimate of drug-likeness (QED) is 0.792. The van der Waals surface area contributed by atoms with Crippen molar-refractivity contribution < 1.29 is 13.2 Å². The van der Waals surface area contributed by atoms with E-state index in [9.17, 15) is 13.2 Å². The average Bonchev–Trinajstić information content (AvgIpc) is 2.01. The van der Waals surface area contributed by atoms with Crippen LogP contribution in [0.15, 0.2) is 12.1 Å². The highest BCUT2D eigenvalue weighted by molar-refractivity contribution is 14.1. The van der Waals surface area contributed by atoms with E-state index in [1.807, 2.05) is 22.6 Å². The maximum absolute atomic E-state index is 12.3. The van der Waals surface area contributed by atoms with Crippen LogP contribution in [0.5, 0.6) is 0 Å². The van der Waals surface area contributed by atoms with Crippen LogP contribution in [-0.2, 0) is 12.7 Å². The molecule has 1 aromatic carbocycles. The summed E-state index contributed by atoms with van der Waals surface area (Å²) in [4.78, 5) is 0. The molecule has 0 saturated carbocycles.